The Bertz CT molecular complexity index is 799. The lowest BCUT2D eigenvalue weighted by Crippen LogP contribution is -2.05. The van der Waals surface area contributed by atoms with Gasteiger partial charge in [0.2, 0.25) is 0 Å². The maximum Gasteiger partial charge on any atom is 0.174 e. The molecule has 0 aliphatic carbocycles. The van der Waals surface area contributed by atoms with Crippen LogP contribution in [0.15, 0.2) is 24.3 Å². The van der Waals surface area contributed by atoms with Crippen LogP contribution in [0.5, 0.6) is 5.75 Å². The molecule has 142 valence electrons. The SMILES string of the molecule is CCCCCCOc1ccc(/C=C(\C#N)c2nnc3n2CCCCC3)cc1. The molecule has 27 heavy (non-hydrogen) atoms. The minimum absolute atomic E-state index is 0.559. The lowest BCUT2D eigenvalue weighted by Gasteiger charge is -2.07. The van der Waals surface area contributed by atoms with E-state index >= 15 is 0 Å². The highest BCUT2D eigenvalue weighted by Crippen LogP contribution is 2.22. The zero-order valence-electron chi connectivity index (χ0n) is 16.2. The lowest BCUT2D eigenvalue weighted by atomic mass is 10.1. The maximum atomic E-state index is 9.65. The normalized spacial score (nSPS) is 14.3. The van der Waals surface area contributed by atoms with E-state index in [9.17, 15) is 5.26 Å². The highest BCUT2D eigenvalue weighted by Gasteiger charge is 2.17. The Morgan fingerprint density at radius 1 is 1.15 bits per heavy atom. The van der Waals surface area contributed by atoms with Crippen molar-refractivity contribution in [3.63, 3.8) is 0 Å². The zero-order chi connectivity index (χ0) is 18.9. The third-order valence-corrected chi connectivity index (χ3v) is 4.93. The summed E-state index contributed by atoms with van der Waals surface area (Å²) in [5.41, 5.74) is 1.53. The average Bonchev–Trinajstić information content (AvgIpc) is 2.94. The average molecular weight is 364 g/mol. The minimum atomic E-state index is 0.559. The summed E-state index contributed by atoms with van der Waals surface area (Å²) >= 11 is 0. The summed E-state index contributed by atoms with van der Waals surface area (Å²) in [5.74, 6) is 2.56. The molecular formula is C22H28N4O. The molecule has 2 aromatic rings. The van der Waals surface area contributed by atoms with E-state index < -0.39 is 0 Å². The third-order valence-electron chi connectivity index (χ3n) is 4.93. The lowest BCUT2D eigenvalue weighted by molar-refractivity contribution is 0.305. The number of aryl methyl sites for hydroxylation is 1. The van der Waals surface area contributed by atoms with Crippen LogP contribution in [0.1, 0.15) is 69.1 Å². The molecule has 3 rings (SSSR count). The van der Waals surface area contributed by atoms with E-state index in [2.05, 4.69) is 27.8 Å². The monoisotopic (exact) mass is 364 g/mol. The molecule has 0 atom stereocenters. The van der Waals surface area contributed by atoms with E-state index in [1.54, 1.807) is 0 Å². The Kier molecular flexibility index (Phi) is 7.04. The summed E-state index contributed by atoms with van der Waals surface area (Å²) in [5, 5.41) is 18.2. The fourth-order valence-corrected chi connectivity index (χ4v) is 3.38. The van der Waals surface area contributed by atoms with Crippen molar-refractivity contribution >= 4 is 11.6 Å². The van der Waals surface area contributed by atoms with Crippen LogP contribution >= 0.6 is 0 Å². The molecule has 2 heterocycles. The second kappa shape index (κ2) is 9.91. The van der Waals surface area contributed by atoms with Crippen molar-refractivity contribution in [1.29, 1.82) is 5.26 Å². The Hall–Kier alpha value is -2.61. The van der Waals surface area contributed by atoms with E-state index in [4.69, 9.17) is 4.74 Å². The van der Waals surface area contributed by atoms with Crippen LogP contribution in [0.4, 0.5) is 0 Å². The number of allylic oxidation sites excluding steroid dienone is 1. The van der Waals surface area contributed by atoms with Gasteiger partial charge in [-0.05, 0) is 43.0 Å². The van der Waals surface area contributed by atoms with Gasteiger partial charge in [-0.3, -0.25) is 0 Å². The zero-order valence-corrected chi connectivity index (χ0v) is 16.2. The smallest absolute Gasteiger partial charge is 0.174 e. The molecule has 0 saturated heterocycles. The number of aromatic nitrogens is 3. The number of hydrogen-bond acceptors (Lipinski definition) is 4. The highest BCUT2D eigenvalue weighted by molar-refractivity contribution is 5.87. The largest absolute Gasteiger partial charge is 0.494 e. The topological polar surface area (TPSA) is 63.7 Å². The van der Waals surface area contributed by atoms with Crippen molar-refractivity contribution in [3.05, 3.63) is 41.5 Å². The number of ether oxygens (including phenoxy) is 1. The van der Waals surface area contributed by atoms with Crippen LogP contribution in [0.25, 0.3) is 11.6 Å². The predicted molar refractivity (Wildman–Crippen MR) is 107 cm³/mol. The first-order valence-corrected chi connectivity index (χ1v) is 10.1. The molecule has 0 fully saturated rings. The molecule has 0 spiro atoms. The van der Waals surface area contributed by atoms with Gasteiger partial charge < -0.3 is 9.30 Å². The molecule has 1 aliphatic heterocycles. The summed E-state index contributed by atoms with van der Waals surface area (Å²) in [6.07, 6.45) is 11.1. The van der Waals surface area contributed by atoms with Crippen molar-refractivity contribution < 1.29 is 4.74 Å². The van der Waals surface area contributed by atoms with Gasteiger partial charge in [-0.25, -0.2) is 0 Å². The molecule has 5 nitrogen and oxygen atoms in total. The second-order valence-electron chi connectivity index (χ2n) is 7.05. The first kappa shape index (κ1) is 19.2. The van der Waals surface area contributed by atoms with Crippen molar-refractivity contribution in [2.24, 2.45) is 0 Å². The quantitative estimate of drug-likeness (QED) is 0.487. The summed E-state index contributed by atoms with van der Waals surface area (Å²) < 4.78 is 7.89. The summed E-state index contributed by atoms with van der Waals surface area (Å²) in [4.78, 5) is 0. The van der Waals surface area contributed by atoms with Gasteiger partial charge in [0.1, 0.15) is 17.6 Å². The maximum absolute atomic E-state index is 9.65. The minimum Gasteiger partial charge on any atom is -0.494 e. The first-order valence-electron chi connectivity index (χ1n) is 10.1. The van der Waals surface area contributed by atoms with Crippen molar-refractivity contribution in [3.8, 4) is 11.8 Å². The van der Waals surface area contributed by atoms with Crippen LogP contribution in [-0.4, -0.2) is 21.4 Å². The van der Waals surface area contributed by atoms with Gasteiger partial charge in [0, 0.05) is 13.0 Å². The van der Waals surface area contributed by atoms with Gasteiger partial charge in [-0.1, -0.05) is 44.7 Å². The van der Waals surface area contributed by atoms with Gasteiger partial charge >= 0.3 is 0 Å². The van der Waals surface area contributed by atoms with E-state index in [1.807, 2.05) is 30.3 Å². The number of rotatable bonds is 8. The molecule has 0 bridgehead atoms. The van der Waals surface area contributed by atoms with Gasteiger partial charge in [0.25, 0.3) is 0 Å². The fourth-order valence-electron chi connectivity index (χ4n) is 3.38. The van der Waals surface area contributed by atoms with Crippen LogP contribution in [-0.2, 0) is 13.0 Å². The summed E-state index contributed by atoms with van der Waals surface area (Å²) in [6.45, 7) is 3.85. The van der Waals surface area contributed by atoms with Crippen LogP contribution in [0.3, 0.4) is 0 Å². The van der Waals surface area contributed by atoms with Crippen molar-refractivity contribution in [1.82, 2.24) is 14.8 Å². The summed E-state index contributed by atoms with van der Waals surface area (Å²) in [7, 11) is 0. The number of fused-ring (bicyclic) bond motifs is 1. The molecule has 0 saturated carbocycles. The van der Waals surface area contributed by atoms with Crippen LogP contribution in [0, 0.1) is 11.3 Å². The van der Waals surface area contributed by atoms with Gasteiger partial charge in [0.15, 0.2) is 5.82 Å². The molecule has 1 aromatic heterocycles. The molecule has 0 unspecified atom stereocenters. The van der Waals surface area contributed by atoms with Gasteiger partial charge in [0.05, 0.1) is 12.2 Å². The van der Waals surface area contributed by atoms with E-state index in [1.165, 1.54) is 25.7 Å². The Morgan fingerprint density at radius 2 is 2.00 bits per heavy atom. The van der Waals surface area contributed by atoms with Gasteiger partial charge in [-0.2, -0.15) is 5.26 Å². The number of nitriles is 1. The number of unbranched alkanes of at least 4 members (excludes halogenated alkanes) is 3. The molecule has 1 aliphatic rings. The Balaban J connectivity index is 1.68. The molecule has 5 heteroatoms. The van der Waals surface area contributed by atoms with Crippen molar-refractivity contribution in [2.45, 2.75) is 64.8 Å². The number of hydrogen-bond donors (Lipinski definition) is 0. The predicted octanol–water partition coefficient (Wildman–Crippen LogP) is 5.03. The molecule has 0 amide bonds. The molecule has 0 radical (unpaired) electrons. The van der Waals surface area contributed by atoms with Crippen LogP contribution < -0.4 is 4.74 Å². The number of benzene rings is 1. The van der Waals surface area contributed by atoms with Crippen molar-refractivity contribution in [2.75, 3.05) is 6.61 Å². The Morgan fingerprint density at radius 3 is 2.78 bits per heavy atom. The molecule has 0 N–H and O–H groups in total. The highest BCUT2D eigenvalue weighted by atomic mass is 16.5. The standard InChI is InChI=1S/C22H28N4O/c1-2-3-4-8-15-27-20-12-10-18(11-13-20)16-19(17-23)22-25-24-21-9-6-5-7-14-26(21)22/h10-13,16H,2-9,14-15H2,1H3/b19-16+. The number of nitrogens with zero attached hydrogens (tertiary/aromatic N) is 4. The van der Waals surface area contributed by atoms with E-state index in [-0.39, 0.29) is 0 Å². The third kappa shape index (κ3) is 5.19. The second-order valence-corrected chi connectivity index (χ2v) is 7.05. The van der Waals surface area contributed by atoms with Gasteiger partial charge in [-0.15, -0.1) is 10.2 Å². The summed E-state index contributed by atoms with van der Waals surface area (Å²) in [6, 6.07) is 10.2. The molecule has 1 aromatic carbocycles. The first-order chi connectivity index (χ1) is 13.3. The van der Waals surface area contributed by atoms with E-state index in [0.717, 1.165) is 56.0 Å². The molecular weight excluding hydrogens is 336 g/mol. The fraction of sp³-hybridized carbons (Fsp3) is 0.500. The Labute approximate surface area is 161 Å². The van der Waals surface area contributed by atoms with Crippen LogP contribution in [0.2, 0.25) is 0 Å². The van der Waals surface area contributed by atoms with E-state index in [0.29, 0.717) is 11.4 Å².